The van der Waals surface area contributed by atoms with Crippen molar-refractivity contribution in [2.45, 2.75) is 13.3 Å². The van der Waals surface area contributed by atoms with Crippen LogP contribution in [0.3, 0.4) is 0 Å². The number of aryl methyl sites for hydroxylation is 1. The molecule has 0 fully saturated rings. The number of nitro groups is 1. The van der Waals surface area contributed by atoms with Gasteiger partial charge in [0.25, 0.3) is 5.91 Å². The number of aromatic amines is 1. The van der Waals surface area contributed by atoms with Crippen LogP contribution in [0.25, 0.3) is 10.9 Å². The quantitative estimate of drug-likeness (QED) is 0.558. The Balaban J connectivity index is 1.64. The molecule has 118 valence electrons. The van der Waals surface area contributed by atoms with Gasteiger partial charge in [-0.2, -0.15) is 0 Å². The van der Waals surface area contributed by atoms with Gasteiger partial charge in [-0.15, -0.1) is 0 Å². The van der Waals surface area contributed by atoms with Crippen LogP contribution in [0.2, 0.25) is 0 Å². The summed E-state index contributed by atoms with van der Waals surface area (Å²) in [6.45, 7) is 2.45. The van der Waals surface area contributed by atoms with Crippen LogP contribution >= 0.6 is 0 Å². The fraction of sp³-hybridized carbons (Fsp3) is 0.188. The Morgan fingerprint density at radius 2 is 2.17 bits per heavy atom. The molecule has 0 radical (unpaired) electrons. The van der Waals surface area contributed by atoms with Crippen molar-refractivity contribution < 1.29 is 14.1 Å². The fourth-order valence-corrected chi connectivity index (χ4v) is 2.59. The molecule has 3 aromatic rings. The van der Waals surface area contributed by atoms with E-state index in [9.17, 15) is 14.9 Å². The Kier molecular flexibility index (Phi) is 3.84. The van der Waals surface area contributed by atoms with Gasteiger partial charge in [-0.3, -0.25) is 14.9 Å². The van der Waals surface area contributed by atoms with Crippen LogP contribution < -0.4 is 5.32 Å². The summed E-state index contributed by atoms with van der Waals surface area (Å²) in [6, 6.07) is 8.50. The van der Waals surface area contributed by atoms with Gasteiger partial charge in [0.2, 0.25) is 0 Å². The number of rotatable bonds is 5. The molecule has 2 N–H and O–H groups in total. The Morgan fingerprint density at radius 3 is 2.91 bits per heavy atom. The minimum Gasteiger partial charge on any atom is -0.395 e. The number of nitrogens with zero attached hydrogens (tertiary/aromatic N) is 1. The first-order chi connectivity index (χ1) is 11.1. The molecule has 1 amide bonds. The summed E-state index contributed by atoms with van der Waals surface area (Å²) in [6.07, 6.45) is 2.58. The summed E-state index contributed by atoms with van der Waals surface area (Å²) in [7, 11) is 0. The lowest BCUT2D eigenvalue weighted by Gasteiger charge is -2.04. The lowest BCUT2D eigenvalue weighted by Crippen LogP contribution is -2.25. The number of fused-ring (bicyclic) bond motifs is 1. The Morgan fingerprint density at radius 1 is 1.35 bits per heavy atom. The lowest BCUT2D eigenvalue weighted by atomic mass is 10.1. The van der Waals surface area contributed by atoms with Crippen LogP contribution in [-0.2, 0) is 6.42 Å². The zero-order chi connectivity index (χ0) is 16.4. The van der Waals surface area contributed by atoms with Crippen molar-refractivity contribution in [3.8, 4) is 0 Å². The van der Waals surface area contributed by atoms with E-state index in [-0.39, 0.29) is 5.76 Å². The first kappa shape index (κ1) is 14.8. The predicted octanol–water partition coefficient (Wildman–Crippen LogP) is 2.95. The molecule has 7 nitrogen and oxygen atoms in total. The number of carbonyl (C=O) groups is 1. The first-order valence-corrected chi connectivity index (χ1v) is 7.14. The number of carbonyl (C=O) groups excluding carboxylic acids is 1. The summed E-state index contributed by atoms with van der Waals surface area (Å²) in [5.74, 6) is -0.969. The maximum atomic E-state index is 11.9. The van der Waals surface area contributed by atoms with E-state index < -0.39 is 16.7 Å². The molecule has 7 heteroatoms. The summed E-state index contributed by atoms with van der Waals surface area (Å²) in [5.41, 5.74) is 3.35. The smallest absolute Gasteiger partial charge is 0.395 e. The van der Waals surface area contributed by atoms with Gasteiger partial charge in [0.15, 0.2) is 5.76 Å². The Labute approximate surface area is 131 Å². The van der Waals surface area contributed by atoms with Gasteiger partial charge in [-0.05, 0) is 36.6 Å². The van der Waals surface area contributed by atoms with Crippen molar-refractivity contribution in [3.63, 3.8) is 0 Å². The highest BCUT2D eigenvalue weighted by atomic mass is 16.6. The van der Waals surface area contributed by atoms with Gasteiger partial charge < -0.3 is 14.7 Å². The standard InChI is InChI=1S/C16H15N3O4/c1-10-3-2-4-12-15(10)11(9-18-12)7-8-17-16(20)13-5-6-14(23-13)19(21)22/h2-6,9,18H,7-8H2,1H3,(H,17,20). The van der Waals surface area contributed by atoms with Gasteiger partial charge in [0, 0.05) is 23.6 Å². The summed E-state index contributed by atoms with van der Waals surface area (Å²) in [4.78, 5) is 25.0. The topological polar surface area (TPSA) is 101 Å². The molecule has 0 aliphatic rings. The number of hydrogen-bond acceptors (Lipinski definition) is 4. The van der Waals surface area contributed by atoms with Crippen LogP contribution in [0.5, 0.6) is 0 Å². The van der Waals surface area contributed by atoms with E-state index in [1.165, 1.54) is 11.6 Å². The van der Waals surface area contributed by atoms with E-state index in [0.717, 1.165) is 22.5 Å². The SMILES string of the molecule is Cc1cccc2[nH]cc(CCNC(=O)c3ccc([N+](=O)[O-])o3)c12. The van der Waals surface area contributed by atoms with E-state index in [1.54, 1.807) is 0 Å². The van der Waals surface area contributed by atoms with E-state index >= 15 is 0 Å². The molecule has 0 spiro atoms. The molecule has 3 rings (SSSR count). The second-order valence-electron chi connectivity index (χ2n) is 5.21. The molecule has 23 heavy (non-hydrogen) atoms. The third-order valence-electron chi connectivity index (χ3n) is 3.67. The van der Waals surface area contributed by atoms with Gasteiger partial charge >= 0.3 is 5.88 Å². The number of hydrogen-bond donors (Lipinski definition) is 2. The number of furan rings is 1. The Bertz CT molecular complexity index is 878. The third-order valence-corrected chi connectivity index (χ3v) is 3.67. The second kappa shape index (κ2) is 5.96. The van der Waals surface area contributed by atoms with Crippen molar-refractivity contribution in [1.82, 2.24) is 10.3 Å². The van der Waals surface area contributed by atoms with Crippen LogP contribution in [-0.4, -0.2) is 22.4 Å². The maximum Gasteiger partial charge on any atom is 0.433 e. The van der Waals surface area contributed by atoms with E-state index in [2.05, 4.69) is 10.3 Å². The van der Waals surface area contributed by atoms with Crippen molar-refractivity contribution in [2.24, 2.45) is 0 Å². The molecule has 0 unspecified atom stereocenters. The molecule has 0 aliphatic heterocycles. The maximum absolute atomic E-state index is 11.9. The average molecular weight is 313 g/mol. The van der Waals surface area contributed by atoms with Gasteiger partial charge in [-0.25, -0.2) is 0 Å². The molecule has 0 saturated carbocycles. The first-order valence-electron chi connectivity index (χ1n) is 7.14. The highest BCUT2D eigenvalue weighted by Crippen LogP contribution is 2.22. The number of benzene rings is 1. The number of nitrogens with one attached hydrogen (secondary N) is 2. The van der Waals surface area contributed by atoms with E-state index in [0.29, 0.717) is 13.0 Å². The minimum atomic E-state index is -0.675. The highest BCUT2D eigenvalue weighted by Gasteiger charge is 2.17. The Hall–Kier alpha value is -3.09. The highest BCUT2D eigenvalue weighted by molar-refractivity contribution is 5.91. The van der Waals surface area contributed by atoms with Gasteiger partial charge in [-0.1, -0.05) is 12.1 Å². The van der Waals surface area contributed by atoms with Crippen molar-refractivity contribution in [2.75, 3.05) is 6.54 Å². The zero-order valence-electron chi connectivity index (χ0n) is 12.5. The molecule has 2 aromatic heterocycles. The van der Waals surface area contributed by atoms with Gasteiger partial charge in [0.05, 0.1) is 6.07 Å². The molecular weight excluding hydrogens is 298 g/mol. The lowest BCUT2D eigenvalue weighted by molar-refractivity contribution is -0.402. The predicted molar refractivity (Wildman–Crippen MR) is 84.4 cm³/mol. The molecule has 0 aliphatic carbocycles. The van der Waals surface area contributed by atoms with E-state index in [1.807, 2.05) is 31.3 Å². The van der Waals surface area contributed by atoms with Crippen molar-refractivity contribution in [1.29, 1.82) is 0 Å². The minimum absolute atomic E-state index is 0.0631. The second-order valence-corrected chi connectivity index (χ2v) is 5.21. The van der Waals surface area contributed by atoms with Crippen LogP contribution in [0, 0.1) is 17.0 Å². The van der Waals surface area contributed by atoms with Crippen LogP contribution in [0.15, 0.2) is 40.9 Å². The normalized spacial score (nSPS) is 10.8. The third kappa shape index (κ3) is 2.94. The largest absolute Gasteiger partial charge is 0.433 e. The molecule has 1 aromatic carbocycles. The van der Waals surface area contributed by atoms with Crippen LogP contribution in [0.1, 0.15) is 21.7 Å². The molecule has 0 saturated heterocycles. The monoisotopic (exact) mass is 313 g/mol. The molecular formula is C16H15N3O4. The van der Waals surface area contributed by atoms with Crippen molar-refractivity contribution >= 4 is 22.7 Å². The van der Waals surface area contributed by atoms with Crippen LogP contribution in [0.4, 0.5) is 5.88 Å². The summed E-state index contributed by atoms with van der Waals surface area (Å²) in [5, 5.41) is 14.4. The summed E-state index contributed by atoms with van der Waals surface area (Å²) >= 11 is 0. The van der Waals surface area contributed by atoms with Gasteiger partial charge in [0.1, 0.15) is 4.92 Å². The van der Waals surface area contributed by atoms with Crippen molar-refractivity contribution in [3.05, 3.63) is 63.5 Å². The molecule has 0 bridgehead atoms. The number of amides is 1. The number of H-pyrrole nitrogens is 1. The fourth-order valence-electron chi connectivity index (χ4n) is 2.59. The summed E-state index contributed by atoms with van der Waals surface area (Å²) < 4.78 is 4.87. The molecule has 2 heterocycles. The molecule has 0 atom stereocenters. The zero-order valence-corrected chi connectivity index (χ0v) is 12.5. The van der Waals surface area contributed by atoms with E-state index in [4.69, 9.17) is 4.42 Å². The number of aromatic nitrogens is 1. The average Bonchev–Trinajstić information content (AvgIpc) is 3.15.